The summed E-state index contributed by atoms with van der Waals surface area (Å²) < 4.78 is 5.37. The number of carbonyl (C=O) groups is 2. The first-order valence-corrected chi connectivity index (χ1v) is 10.2. The van der Waals surface area contributed by atoms with E-state index in [-0.39, 0.29) is 33.4 Å². The second kappa shape index (κ2) is 8.40. The molecule has 1 fully saturated rings. The average Bonchev–Trinajstić information content (AvgIpc) is 3.04. The smallest absolute Gasteiger partial charge is 0.300 e. The SMILES string of the molecule is COc1c(Cl)cc(C)cc1/C(O)=C1\C(=O)C(=O)N(c2ccccc2)C1c1ccc(O)cc1. The van der Waals surface area contributed by atoms with E-state index in [1.54, 1.807) is 61.5 Å². The fourth-order valence-corrected chi connectivity index (χ4v) is 4.27. The molecule has 32 heavy (non-hydrogen) atoms. The number of nitrogens with zero attached hydrogens (tertiary/aromatic N) is 1. The van der Waals surface area contributed by atoms with Gasteiger partial charge >= 0.3 is 0 Å². The average molecular weight is 450 g/mol. The number of aliphatic hydroxyl groups is 1. The number of ketones is 1. The summed E-state index contributed by atoms with van der Waals surface area (Å²) in [6.45, 7) is 1.79. The third-order valence-electron chi connectivity index (χ3n) is 5.33. The van der Waals surface area contributed by atoms with E-state index in [1.165, 1.54) is 24.1 Å². The molecule has 0 aromatic heterocycles. The van der Waals surface area contributed by atoms with E-state index in [0.717, 1.165) is 5.56 Å². The van der Waals surface area contributed by atoms with Crippen molar-refractivity contribution >= 4 is 34.7 Å². The molecule has 1 aliphatic rings. The molecule has 0 radical (unpaired) electrons. The molecule has 1 atom stereocenters. The number of carbonyl (C=O) groups excluding carboxylic acids is 2. The van der Waals surface area contributed by atoms with Gasteiger partial charge in [0.2, 0.25) is 0 Å². The van der Waals surface area contributed by atoms with Crippen LogP contribution in [0.15, 0.2) is 72.3 Å². The Kier molecular flexibility index (Phi) is 5.63. The Labute approximate surface area is 189 Å². The molecule has 1 unspecified atom stereocenters. The fourth-order valence-electron chi connectivity index (χ4n) is 3.92. The molecule has 162 valence electrons. The van der Waals surface area contributed by atoms with Crippen molar-refractivity contribution in [3.8, 4) is 11.5 Å². The van der Waals surface area contributed by atoms with Gasteiger partial charge < -0.3 is 14.9 Å². The number of aliphatic hydroxyl groups excluding tert-OH is 1. The van der Waals surface area contributed by atoms with Crippen LogP contribution in [-0.4, -0.2) is 29.0 Å². The number of rotatable bonds is 4. The van der Waals surface area contributed by atoms with Gasteiger partial charge in [-0.25, -0.2) is 0 Å². The number of aryl methyl sites for hydroxylation is 1. The van der Waals surface area contributed by atoms with E-state index < -0.39 is 17.7 Å². The second-order valence-corrected chi connectivity index (χ2v) is 7.83. The summed E-state index contributed by atoms with van der Waals surface area (Å²) in [6.07, 6.45) is 0. The van der Waals surface area contributed by atoms with E-state index in [4.69, 9.17) is 16.3 Å². The van der Waals surface area contributed by atoms with Gasteiger partial charge in [-0.05, 0) is 54.4 Å². The van der Waals surface area contributed by atoms with Crippen molar-refractivity contribution in [1.82, 2.24) is 0 Å². The summed E-state index contributed by atoms with van der Waals surface area (Å²) >= 11 is 6.30. The van der Waals surface area contributed by atoms with Crippen molar-refractivity contribution < 1.29 is 24.5 Å². The lowest BCUT2D eigenvalue weighted by molar-refractivity contribution is -0.132. The van der Waals surface area contributed by atoms with Gasteiger partial charge in [-0.15, -0.1) is 0 Å². The number of para-hydroxylation sites is 1. The Morgan fingerprint density at radius 3 is 2.31 bits per heavy atom. The van der Waals surface area contributed by atoms with Gasteiger partial charge in [-0.3, -0.25) is 14.5 Å². The molecule has 1 heterocycles. The van der Waals surface area contributed by atoms with E-state index in [0.29, 0.717) is 11.3 Å². The summed E-state index contributed by atoms with van der Waals surface area (Å²) in [7, 11) is 1.41. The first kappa shape index (κ1) is 21.5. The van der Waals surface area contributed by atoms with Crippen LogP contribution in [0, 0.1) is 6.92 Å². The maximum Gasteiger partial charge on any atom is 0.300 e. The fraction of sp³-hybridized carbons (Fsp3) is 0.120. The second-order valence-electron chi connectivity index (χ2n) is 7.42. The van der Waals surface area contributed by atoms with Crippen LogP contribution >= 0.6 is 11.6 Å². The van der Waals surface area contributed by atoms with Crippen LogP contribution in [0.5, 0.6) is 11.5 Å². The maximum atomic E-state index is 13.2. The largest absolute Gasteiger partial charge is 0.508 e. The van der Waals surface area contributed by atoms with Crippen molar-refractivity contribution in [3.05, 3.63) is 94.0 Å². The summed E-state index contributed by atoms with van der Waals surface area (Å²) in [5, 5.41) is 21.3. The number of aromatic hydroxyl groups is 1. The van der Waals surface area contributed by atoms with Crippen LogP contribution in [-0.2, 0) is 9.59 Å². The zero-order valence-corrected chi connectivity index (χ0v) is 18.1. The lowest BCUT2D eigenvalue weighted by atomic mass is 9.94. The molecule has 4 rings (SSSR count). The maximum absolute atomic E-state index is 13.2. The standard InChI is InChI=1S/C25H20ClNO5/c1-14-12-18(24(32-2)19(26)13-14)22(29)20-21(15-8-10-17(28)11-9-15)27(25(31)23(20)30)16-6-4-3-5-7-16/h3-13,21,28-29H,1-2H3/b22-20+. The highest BCUT2D eigenvalue weighted by molar-refractivity contribution is 6.51. The van der Waals surface area contributed by atoms with Crippen LogP contribution in [0.3, 0.4) is 0 Å². The van der Waals surface area contributed by atoms with Crippen molar-refractivity contribution in [1.29, 1.82) is 0 Å². The minimum absolute atomic E-state index is 0.0394. The van der Waals surface area contributed by atoms with Crippen LogP contribution < -0.4 is 9.64 Å². The molecule has 2 N–H and O–H groups in total. The Bertz CT molecular complexity index is 1240. The zero-order chi connectivity index (χ0) is 23.0. The summed E-state index contributed by atoms with van der Waals surface area (Å²) in [5.74, 6) is -1.75. The predicted octanol–water partition coefficient (Wildman–Crippen LogP) is 4.99. The van der Waals surface area contributed by atoms with Crippen LogP contribution in [0.2, 0.25) is 5.02 Å². The van der Waals surface area contributed by atoms with Crippen molar-refractivity contribution in [3.63, 3.8) is 0 Å². The number of methoxy groups -OCH3 is 1. The number of halogens is 1. The molecule has 0 bridgehead atoms. The third-order valence-corrected chi connectivity index (χ3v) is 5.62. The van der Waals surface area contributed by atoms with Crippen molar-refractivity contribution in [2.24, 2.45) is 0 Å². The van der Waals surface area contributed by atoms with E-state index in [1.807, 2.05) is 0 Å². The molecule has 0 aliphatic carbocycles. The normalized spacial score (nSPS) is 17.6. The number of ether oxygens (including phenoxy) is 1. The topological polar surface area (TPSA) is 87.1 Å². The van der Waals surface area contributed by atoms with Gasteiger partial charge in [0.15, 0.2) is 0 Å². The van der Waals surface area contributed by atoms with Crippen LogP contribution in [0.4, 0.5) is 5.69 Å². The Hall–Kier alpha value is -3.77. The molecule has 3 aromatic rings. The van der Waals surface area contributed by atoms with Crippen molar-refractivity contribution in [2.45, 2.75) is 13.0 Å². The highest BCUT2D eigenvalue weighted by Gasteiger charge is 2.47. The van der Waals surface area contributed by atoms with E-state index >= 15 is 0 Å². The molecule has 0 spiro atoms. The number of Topliss-reactive ketones (excluding diaryl/α,β-unsaturated/α-hetero) is 1. The Morgan fingerprint density at radius 1 is 1.03 bits per heavy atom. The number of benzene rings is 3. The number of amides is 1. The minimum atomic E-state index is -0.915. The summed E-state index contributed by atoms with van der Waals surface area (Å²) in [4.78, 5) is 27.6. The number of phenolic OH excluding ortho intramolecular Hbond substituents is 1. The Morgan fingerprint density at radius 2 is 1.69 bits per heavy atom. The first-order chi connectivity index (χ1) is 15.3. The number of anilines is 1. The van der Waals surface area contributed by atoms with Gasteiger partial charge in [-0.2, -0.15) is 0 Å². The molecule has 1 aliphatic heterocycles. The van der Waals surface area contributed by atoms with Crippen LogP contribution in [0.25, 0.3) is 5.76 Å². The molecule has 0 saturated carbocycles. The molecular formula is C25H20ClNO5. The highest BCUT2D eigenvalue weighted by atomic mass is 35.5. The lowest BCUT2D eigenvalue weighted by Gasteiger charge is -2.25. The highest BCUT2D eigenvalue weighted by Crippen LogP contribution is 2.44. The van der Waals surface area contributed by atoms with Gasteiger partial charge in [0.1, 0.15) is 17.3 Å². The lowest BCUT2D eigenvalue weighted by Crippen LogP contribution is -2.29. The van der Waals surface area contributed by atoms with Crippen molar-refractivity contribution in [2.75, 3.05) is 12.0 Å². The van der Waals surface area contributed by atoms with Gasteiger partial charge in [0, 0.05) is 5.69 Å². The molecular weight excluding hydrogens is 430 g/mol. The number of hydrogen-bond acceptors (Lipinski definition) is 5. The quantitative estimate of drug-likeness (QED) is 0.333. The summed E-state index contributed by atoms with van der Waals surface area (Å²) in [5.41, 5.74) is 1.92. The first-order valence-electron chi connectivity index (χ1n) is 9.83. The zero-order valence-electron chi connectivity index (χ0n) is 17.4. The molecule has 7 heteroatoms. The van der Waals surface area contributed by atoms with Gasteiger partial charge in [-0.1, -0.05) is 41.9 Å². The molecule has 1 amide bonds. The van der Waals surface area contributed by atoms with E-state index in [2.05, 4.69) is 0 Å². The third kappa shape index (κ3) is 3.59. The van der Waals surface area contributed by atoms with Gasteiger partial charge in [0.05, 0.1) is 29.3 Å². The number of hydrogen-bond donors (Lipinski definition) is 2. The monoisotopic (exact) mass is 449 g/mol. The molecule has 6 nitrogen and oxygen atoms in total. The number of phenols is 1. The Balaban J connectivity index is 2.00. The molecule has 3 aromatic carbocycles. The predicted molar refractivity (Wildman–Crippen MR) is 122 cm³/mol. The summed E-state index contributed by atoms with van der Waals surface area (Å²) in [6, 6.07) is 17.3. The minimum Gasteiger partial charge on any atom is -0.508 e. The van der Waals surface area contributed by atoms with E-state index in [9.17, 15) is 19.8 Å². The van der Waals surface area contributed by atoms with Gasteiger partial charge in [0.25, 0.3) is 11.7 Å². The van der Waals surface area contributed by atoms with Crippen LogP contribution in [0.1, 0.15) is 22.7 Å². The molecule has 1 saturated heterocycles.